The first-order valence-electron chi connectivity index (χ1n) is 6.49. The minimum Gasteiger partial charge on any atom is -0.496 e. The molecule has 1 heterocycles. The van der Waals surface area contributed by atoms with Crippen LogP contribution in [-0.4, -0.2) is 17.1 Å². The van der Waals surface area contributed by atoms with Crippen LogP contribution in [0.3, 0.4) is 0 Å². The lowest BCUT2D eigenvalue weighted by molar-refractivity contribution is 0.410. The van der Waals surface area contributed by atoms with Crippen molar-refractivity contribution in [3.8, 4) is 5.75 Å². The van der Waals surface area contributed by atoms with Gasteiger partial charge in [-0.25, -0.2) is 9.97 Å². The Hall–Kier alpha value is -1.81. The van der Waals surface area contributed by atoms with Gasteiger partial charge in [-0.15, -0.1) is 0 Å². The number of hydrogen-bond acceptors (Lipinski definition) is 4. The van der Waals surface area contributed by atoms with Crippen LogP contribution in [0.15, 0.2) is 30.6 Å². The van der Waals surface area contributed by atoms with E-state index in [2.05, 4.69) is 29.1 Å². The first kappa shape index (κ1) is 14.6. The lowest BCUT2D eigenvalue weighted by atomic mass is 10.1. The average molecular weight is 292 g/mol. The second-order valence-corrected chi connectivity index (χ2v) is 5.10. The van der Waals surface area contributed by atoms with Gasteiger partial charge in [0.2, 0.25) is 0 Å². The van der Waals surface area contributed by atoms with Gasteiger partial charge < -0.3 is 10.1 Å². The Morgan fingerprint density at radius 1 is 1.25 bits per heavy atom. The van der Waals surface area contributed by atoms with Crippen LogP contribution in [0.2, 0.25) is 5.15 Å². The van der Waals surface area contributed by atoms with Gasteiger partial charge in [0, 0.05) is 17.7 Å². The zero-order valence-electron chi connectivity index (χ0n) is 11.9. The normalized spacial score (nSPS) is 10.7. The third kappa shape index (κ3) is 3.20. The van der Waals surface area contributed by atoms with Crippen LogP contribution in [-0.2, 0) is 6.54 Å². The van der Waals surface area contributed by atoms with E-state index in [4.69, 9.17) is 16.3 Å². The van der Waals surface area contributed by atoms with Crippen LogP contribution in [0.25, 0.3) is 0 Å². The molecule has 20 heavy (non-hydrogen) atoms. The number of halogens is 1. The minimum atomic E-state index is 0.254. The molecule has 1 aromatic carbocycles. The average Bonchev–Trinajstić information content (AvgIpc) is 2.45. The van der Waals surface area contributed by atoms with Gasteiger partial charge in [-0.3, -0.25) is 0 Å². The molecular weight excluding hydrogens is 274 g/mol. The van der Waals surface area contributed by atoms with Crippen LogP contribution >= 0.6 is 11.6 Å². The van der Waals surface area contributed by atoms with Crippen molar-refractivity contribution in [3.05, 3.63) is 46.9 Å². The third-order valence-electron chi connectivity index (χ3n) is 3.05. The van der Waals surface area contributed by atoms with Crippen molar-refractivity contribution in [1.82, 2.24) is 9.97 Å². The summed E-state index contributed by atoms with van der Waals surface area (Å²) in [7, 11) is 1.67. The van der Waals surface area contributed by atoms with Crippen molar-refractivity contribution < 1.29 is 4.74 Å². The molecule has 0 saturated heterocycles. The fraction of sp³-hybridized carbons (Fsp3) is 0.333. The molecule has 0 atom stereocenters. The molecule has 106 valence electrons. The maximum absolute atomic E-state index is 6.15. The van der Waals surface area contributed by atoms with Crippen molar-refractivity contribution >= 4 is 17.4 Å². The third-order valence-corrected chi connectivity index (χ3v) is 3.35. The Bertz CT molecular complexity index is 587. The van der Waals surface area contributed by atoms with Crippen LogP contribution < -0.4 is 10.1 Å². The summed E-state index contributed by atoms with van der Waals surface area (Å²) in [6.45, 7) is 4.76. The first-order chi connectivity index (χ1) is 9.63. The molecule has 1 N–H and O–H groups in total. The molecule has 0 aliphatic carbocycles. The van der Waals surface area contributed by atoms with Gasteiger partial charge in [-0.1, -0.05) is 43.6 Å². The van der Waals surface area contributed by atoms with E-state index in [-0.39, 0.29) is 5.92 Å². The van der Waals surface area contributed by atoms with Crippen LogP contribution in [0.5, 0.6) is 5.75 Å². The number of benzene rings is 1. The molecule has 0 saturated carbocycles. The summed E-state index contributed by atoms with van der Waals surface area (Å²) in [5, 5.41) is 3.81. The van der Waals surface area contributed by atoms with Crippen LogP contribution in [0.1, 0.15) is 30.9 Å². The number of anilines is 1. The number of methoxy groups -OCH3 is 1. The Morgan fingerprint density at radius 3 is 2.70 bits per heavy atom. The summed E-state index contributed by atoms with van der Waals surface area (Å²) < 4.78 is 5.34. The fourth-order valence-electron chi connectivity index (χ4n) is 2.05. The van der Waals surface area contributed by atoms with Gasteiger partial charge in [-0.2, -0.15) is 0 Å². The molecule has 0 aliphatic heterocycles. The number of nitrogens with one attached hydrogen (secondary N) is 1. The molecule has 0 aliphatic rings. The molecular formula is C15H18ClN3O. The molecule has 0 bridgehead atoms. The molecule has 0 radical (unpaired) electrons. The van der Waals surface area contributed by atoms with E-state index in [1.165, 1.54) is 6.33 Å². The molecule has 2 aromatic rings. The summed E-state index contributed by atoms with van der Waals surface area (Å²) in [6, 6.07) is 7.89. The van der Waals surface area contributed by atoms with E-state index >= 15 is 0 Å². The number of aromatic nitrogens is 2. The van der Waals surface area contributed by atoms with Crippen molar-refractivity contribution in [2.24, 2.45) is 0 Å². The van der Waals surface area contributed by atoms with Crippen LogP contribution in [0.4, 0.5) is 5.82 Å². The van der Waals surface area contributed by atoms with Gasteiger partial charge in [-0.05, 0) is 12.0 Å². The highest BCUT2D eigenvalue weighted by atomic mass is 35.5. The molecule has 2 rings (SSSR count). The highest BCUT2D eigenvalue weighted by Gasteiger charge is 2.13. The summed E-state index contributed by atoms with van der Waals surface area (Å²) >= 11 is 6.15. The van der Waals surface area contributed by atoms with E-state index in [0.717, 1.165) is 22.7 Å². The quantitative estimate of drug-likeness (QED) is 0.850. The van der Waals surface area contributed by atoms with Crippen molar-refractivity contribution in [3.63, 3.8) is 0 Å². The highest BCUT2D eigenvalue weighted by Crippen LogP contribution is 2.28. The standard InChI is InChI=1S/C15H18ClN3O/c1-10(2)13-14(16)18-9-19-15(13)17-8-11-6-4-5-7-12(11)20-3/h4-7,9-10H,8H2,1-3H3,(H,17,18,19). The lowest BCUT2D eigenvalue weighted by Gasteiger charge is -2.15. The Labute approximate surface area is 124 Å². The number of para-hydroxylation sites is 1. The minimum absolute atomic E-state index is 0.254. The number of ether oxygens (including phenoxy) is 1. The van der Waals surface area contributed by atoms with Gasteiger partial charge >= 0.3 is 0 Å². The Kier molecular flexibility index (Phi) is 4.79. The summed E-state index contributed by atoms with van der Waals surface area (Å²) in [5.74, 6) is 1.88. The smallest absolute Gasteiger partial charge is 0.138 e. The van der Waals surface area contributed by atoms with Gasteiger partial charge in [0.05, 0.1) is 7.11 Å². The molecule has 0 fully saturated rings. The Balaban J connectivity index is 2.21. The monoisotopic (exact) mass is 291 g/mol. The van der Waals surface area contributed by atoms with Crippen molar-refractivity contribution in [1.29, 1.82) is 0 Å². The summed E-state index contributed by atoms with van der Waals surface area (Å²) in [6.07, 6.45) is 1.47. The number of hydrogen-bond donors (Lipinski definition) is 1. The van der Waals surface area contributed by atoms with Gasteiger partial charge in [0.25, 0.3) is 0 Å². The second-order valence-electron chi connectivity index (χ2n) is 4.75. The largest absolute Gasteiger partial charge is 0.496 e. The molecule has 4 nitrogen and oxygen atoms in total. The predicted octanol–water partition coefficient (Wildman–Crippen LogP) is 3.87. The summed E-state index contributed by atoms with van der Waals surface area (Å²) in [5.41, 5.74) is 2.00. The zero-order chi connectivity index (χ0) is 14.5. The van der Waals surface area contributed by atoms with E-state index < -0.39 is 0 Å². The van der Waals surface area contributed by atoms with Crippen molar-refractivity contribution in [2.75, 3.05) is 12.4 Å². The number of nitrogens with zero attached hydrogens (tertiary/aromatic N) is 2. The maximum atomic E-state index is 6.15. The molecule has 5 heteroatoms. The molecule has 1 aromatic heterocycles. The highest BCUT2D eigenvalue weighted by molar-refractivity contribution is 6.30. The van der Waals surface area contributed by atoms with E-state index in [1.807, 2.05) is 24.3 Å². The lowest BCUT2D eigenvalue weighted by Crippen LogP contribution is -2.07. The molecule has 0 amide bonds. The topological polar surface area (TPSA) is 47.0 Å². The van der Waals surface area contributed by atoms with Crippen LogP contribution in [0, 0.1) is 0 Å². The first-order valence-corrected chi connectivity index (χ1v) is 6.87. The van der Waals surface area contributed by atoms with Gasteiger partial charge in [0.15, 0.2) is 0 Å². The van der Waals surface area contributed by atoms with Gasteiger partial charge in [0.1, 0.15) is 23.0 Å². The maximum Gasteiger partial charge on any atom is 0.138 e. The summed E-state index contributed by atoms with van der Waals surface area (Å²) in [4.78, 5) is 8.32. The second kappa shape index (κ2) is 6.57. The van der Waals surface area contributed by atoms with Crippen molar-refractivity contribution in [2.45, 2.75) is 26.3 Å². The predicted molar refractivity (Wildman–Crippen MR) is 81.5 cm³/mol. The van der Waals surface area contributed by atoms with E-state index in [9.17, 15) is 0 Å². The molecule has 0 unspecified atom stereocenters. The SMILES string of the molecule is COc1ccccc1CNc1ncnc(Cl)c1C(C)C. The molecule has 0 spiro atoms. The zero-order valence-corrected chi connectivity index (χ0v) is 12.6. The van der Waals surface area contributed by atoms with E-state index in [1.54, 1.807) is 7.11 Å². The fourth-order valence-corrected chi connectivity index (χ4v) is 2.41. The Morgan fingerprint density at radius 2 is 2.00 bits per heavy atom. The van der Waals surface area contributed by atoms with E-state index in [0.29, 0.717) is 11.7 Å². The number of rotatable bonds is 5.